The van der Waals surface area contributed by atoms with Gasteiger partial charge in [-0.15, -0.1) is 0 Å². The molecule has 0 fully saturated rings. The first-order valence-corrected chi connectivity index (χ1v) is 6.31. The highest BCUT2D eigenvalue weighted by Gasteiger charge is 2.20. The molecule has 0 aliphatic carbocycles. The van der Waals surface area contributed by atoms with E-state index >= 15 is 0 Å². The van der Waals surface area contributed by atoms with Gasteiger partial charge >= 0.3 is 11.9 Å². The van der Waals surface area contributed by atoms with E-state index in [-0.39, 0.29) is 16.5 Å². The van der Waals surface area contributed by atoms with Crippen LogP contribution in [0.2, 0.25) is 0 Å². The van der Waals surface area contributed by atoms with E-state index in [1.165, 1.54) is 6.07 Å². The van der Waals surface area contributed by atoms with E-state index in [2.05, 4.69) is 20.8 Å². The van der Waals surface area contributed by atoms with Crippen LogP contribution in [0.5, 0.6) is 0 Å². The van der Waals surface area contributed by atoms with Crippen LogP contribution in [-0.4, -0.2) is 22.2 Å². The number of carbonyl (C=O) groups is 2. The summed E-state index contributed by atoms with van der Waals surface area (Å²) in [7, 11) is 0. The zero-order valence-electron chi connectivity index (χ0n) is 11.6. The van der Waals surface area contributed by atoms with Gasteiger partial charge in [0.2, 0.25) is 0 Å². The molecule has 0 saturated carbocycles. The van der Waals surface area contributed by atoms with Gasteiger partial charge in [-0.2, -0.15) is 0 Å². The largest absolute Gasteiger partial charge is 0.478 e. The second-order valence-electron chi connectivity index (χ2n) is 5.86. The minimum atomic E-state index is -1.20. The van der Waals surface area contributed by atoms with Gasteiger partial charge in [-0.3, -0.25) is 0 Å². The Bertz CT molecular complexity index is 483. The Morgan fingerprint density at radius 2 is 1.74 bits per heavy atom. The third kappa shape index (κ3) is 4.39. The average Bonchev–Trinajstić information content (AvgIpc) is 2.26. The van der Waals surface area contributed by atoms with Crippen LogP contribution < -0.4 is 0 Å². The molecule has 4 nitrogen and oxygen atoms in total. The first-order chi connectivity index (χ1) is 8.72. The van der Waals surface area contributed by atoms with Crippen molar-refractivity contribution in [1.82, 2.24) is 0 Å². The maximum atomic E-state index is 11.2. The average molecular weight is 264 g/mol. The van der Waals surface area contributed by atoms with E-state index in [9.17, 15) is 14.7 Å². The second-order valence-corrected chi connectivity index (χ2v) is 5.86. The quantitative estimate of drug-likeness (QED) is 0.854. The zero-order valence-corrected chi connectivity index (χ0v) is 11.6. The lowest BCUT2D eigenvalue weighted by atomic mass is 9.88. The molecule has 2 N–H and O–H groups in total. The van der Waals surface area contributed by atoms with Gasteiger partial charge in [0.1, 0.15) is 0 Å². The molecule has 0 amide bonds. The second kappa shape index (κ2) is 5.87. The van der Waals surface area contributed by atoms with Crippen LogP contribution in [0, 0.1) is 5.41 Å². The Morgan fingerprint density at radius 3 is 2.21 bits per heavy atom. The summed E-state index contributed by atoms with van der Waals surface area (Å²) in [6.45, 7) is 6.37. The lowest BCUT2D eigenvalue weighted by Gasteiger charge is -2.18. The lowest BCUT2D eigenvalue weighted by molar-refractivity contribution is 0.0650. The predicted molar refractivity (Wildman–Crippen MR) is 72.8 cm³/mol. The van der Waals surface area contributed by atoms with Gasteiger partial charge in [-0.05, 0) is 36.3 Å². The number of carboxylic acids is 2. The lowest BCUT2D eigenvalue weighted by Crippen LogP contribution is -2.12. The van der Waals surface area contributed by atoms with E-state index in [0.717, 1.165) is 12.8 Å². The van der Waals surface area contributed by atoms with Gasteiger partial charge < -0.3 is 10.2 Å². The number of benzene rings is 1. The van der Waals surface area contributed by atoms with Crippen molar-refractivity contribution in [1.29, 1.82) is 0 Å². The van der Waals surface area contributed by atoms with Gasteiger partial charge in [0.15, 0.2) is 0 Å². The van der Waals surface area contributed by atoms with Gasteiger partial charge in [0.05, 0.1) is 11.1 Å². The van der Waals surface area contributed by atoms with E-state index in [1.54, 1.807) is 12.1 Å². The molecular weight excluding hydrogens is 244 g/mol. The Balaban J connectivity index is 2.98. The summed E-state index contributed by atoms with van der Waals surface area (Å²) in [6.07, 6.45) is 2.39. The Hall–Kier alpha value is -1.84. The van der Waals surface area contributed by atoms with Crippen LogP contribution in [0.4, 0.5) is 0 Å². The maximum absolute atomic E-state index is 11.2. The molecule has 0 aromatic heterocycles. The minimum absolute atomic E-state index is 0.0797. The molecule has 1 rings (SSSR count). The van der Waals surface area contributed by atoms with Gasteiger partial charge in [-0.1, -0.05) is 32.9 Å². The van der Waals surface area contributed by atoms with Crippen molar-refractivity contribution in [2.45, 2.75) is 40.0 Å². The van der Waals surface area contributed by atoms with E-state index in [0.29, 0.717) is 12.0 Å². The first-order valence-electron chi connectivity index (χ1n) is 6.31. The molecule has 0 bridgehead atoms. The summed E-state index contributed by atoms with van der Waals surface area (Å²) in [5, 5.41) is 18.2. The van der Waals surface area contributed by atoms with Crippen LogP contribution in [0.1, 0.15) is 59.9 Å². The summed E-state index contributed by atoms with van der Waals surface area (Å²) in [4.78, 5) is 22.3. The highest BCUT2D eigenvalue weighted by Crippen LogP contribution is 2.24. The number of hydrogen-bond donors (Lipinski definition) is 2. The minimum Gasteiger partial charge on any atom is -0.478 e. The zero-order chi connectivity index (χ0) is 14.6. The molecule has 0 heterocycles. The number of hydrogen-bond acceptors (Lipinski definition) is 2. The summed E-state index contributed by atoms with van der Waals surface area (Å²) in [5.41, 5.74) is 0.565. The summed E-state index contributed by atoms with van der Waals surface area (Å²) >= 11 is 0. The molecule has 4 heteroatoms. The molecule has 0 radical (unpaired) electrons. The summed E-state index contributed by atoms with van der Waals surface area (Å²) < 4.78 is 0. The Labute approximate surface area is 113 Å². The standard InChI is InChI=1S/C15H20O4/c1-15(2,3)9-5-7-10-6-4-8-11(13(16)17)12(10)14(18)19/h4,6,8H,5,7,9H2,1-3H3,(H,16,17)(H,18,19). The molecule has 1 aromatic rings. The first kappa shape index (κ1) is 15.2. The molecular formula is C15H20O4. The van der Waals surface area contributed by atoms with Crippen LogP contribution in [0.3, 0.4) is 0 Å². The Kier molecular flexibility index (Phi) is 4.70. The molecule has 0 saturated heterocycles. The van der Waals surface area contributed by atoms with Crippen LogP contribution in [0.15, 0.2) is 18.2 Å². The van der Waals surface area contributed by atoms with Gasteiger partial charge in [0, 0.05) is 0 Å². The smallest absolute Gasteiger partial charge is 0.336 e. The predicted octanol–water partition coefficient (Wildman–Crippen LogP) is 3.45. The van der Waals surface area contributed by atoms with Crippen molar-refractivity contribution >= 4 is 11.9 Å². The third-order valence-electron chi connectivity index (χ3n) is 2.97. The van der Waals surface area contributed by atoms with E-state index in [1.807, 2.05) is 0 Å². The fourth-order valence-electron chi connectivity index (χ4n) is 2.05. The molecule has 0 spiro atoms. The molecule has 19 heavy (non-hydrogen) atoms. The topological polar surface area (TPSA) is 74.6 Å². The van der Waals surface area contributed by atoms with Crippen molar-refractivity contribution in [3.63, 3.8) is 0 Å². The number of aryl methyl sites for hydroxylation is 1. The fraction of sp³-hybridized carbons (Fsp3) is 0.467. The molecule has 0 atom stereocenters. The van der Waals surface area contributed by atoms with Crippen molar-refractivity contribution in [2.75, 3.05) is 0 Å². The summed E-state index contributed by atoms with van der Waals surface area (Å²) in [5.74, 6) is -2.38. The van der Waals surface area contributed by atoms with Crippen molar-refractivity contribution in [2.24, 2.45) is 5.41 Å². The van der Waals surface area contributed by atoms with Crippen LogP contribution in [0.25, 0.3) is 0 Å². The molecule has 0 unspecified atom stereocenters. The number of carboxylic acid groups (broad SMARTS) is 2. The van der Waals surface area contributed by atoms with Crippen LogP contribution in [-0.2, 0) is 6.42 Å². The van der Waals surface area contributed by atoms with Crippen molar-refractivity contribution < 1.29 is 19.8 Å². The fourth-order valence-corrected chi connectivity index (χ4v) is 2.05. The molecule has 104 valence electrons. The highest BCUT2D eigenvalue weighted by atomic mass is 16.4. The maximum Gasteiger partial charge on any atom is 0.336 e. The van der Waals surface area contributed by atoms with Gasteiger partial charge in [-0.25, -0.2) is 9.59 Å². The van der Waals surface area contributed by atoms with Crippen molar-refractivity contribution in [3.05, 3.63) is 34.9 Å². The highest BCUT2D eigenvalue weighted by molar-refractivity contribution is 6.02. The molecule has 0 aliphatic rings. The monoisotopic (exact) mass is 264 g/mol. The number of rotatable bonds is 5. The van der Waals surface area contributed by atoms with Crippen molar-refractivity contribution in [3.8, 4) is 0 Å². The molecule has 1 aromatic carbocycles. The number of aromatic carboxylic acids is 2. The van der Waals surface area contributed by atoms with E-state index < -0.39 is 11.9 Å². The summed E-state index contributed by atoms with van der Waals surface area (Å²) in [6, 6.07) is 4.62. The normalized spacial score (nSPS) is 11.3. The van der Waals surface area contributed by atoms with Crippen LogP contribution >= 0.6 is 0 Å². The SMILES string of the molecule is CC(C)(C)CCCc1cccc(C(=O)O)c1C(=O)O. The molecule has 0 aliphatic heterocycles. The third-order valence-corrected chi connectivity index (χ3v) is 2.97. The van der Waals surface area contributed by atoms with Gasteiger partial charge in [0.25, 0.3) is 0 Å². The Morgan fingerprint density at radius 1 is 1.11 bits per heavy atom. The van der Waals surface area contributed by atoms with E-state index in [4.69, 9.17) is 5.11 Å².